The first-order chi connectivity index (χ1) is 5.90. The molecule has 0 aromatic heterocycles. The van der Waals surface area contributed by atoms with Crippen molar-refractivity contribution in [2.24, 2.45) is 0 Å². The lowest BCUT2D eigenvalue weighted by molar-refractivity contribution is 1.15. The van der Waals surface area contributed by atoms with E-state index >= 15 is 0 Å². The molecule has 0 bridgehead atoms. The summed E-state index contributed by atoms with van der Waals surface area (Å²) in [4.78, 5) is 0. The van der Waals surface area contributed by atoms with Gasteiger partial charge in [-0.3, -0.25) is 0 Å². The molecule has 12 heavy (non-hydrogen) atoms. The Morgan fingerprint density at radius 3 is 2.58 bits per heavy atom. The summed E-state index contributed by atoms with van der Waals surface area (Å²) in [6.45, 7) is 2.17. The first-order valence-electron chi connectivity index (χ1n) is 4.20. The average Bonchev–Trinajstić information content (AvgIpc) is 2.17. The molecular weight excluding hydrogens is 144 g/mol. The van der Waals surface area contributed by atoms with Crippen LogP contribution in [0.1, 0.15) is 12.5 Å². The van der Waals surface area contributed by atoms with Crippen molar-refractivity contribution in [3.05, 3.63) is 48.0 Å². The number of hydrogen-bond donors (Lipinski definition) is 0. The minimum Gasteiger partial charge on any atom is -0.0696 e. The molecule has 0 spiro atoms. The monoisotopic (exact) mass is 154 g/mol. The average molecular weight is 154 g/mol. The van der Waals surface area contributed by atoms with Gasteiger partial charge in [0.05, 0.1) is 0 Å². The van der Waals surface area contributed by atoms with Gasteiger partial charge in [0.15, 0.2) is 0 Å². The van der Waals surface area contributed by atoms with Crippen LogP contribution in [-0.2, 0) is 6.42 Å². The van der Waals surface area contributed by atoms with Gasteiger partial charge in [0.25, 0.3) is 0 Å². The molecule has 0 aliphatic carbocycles. The summed E-state index contributed by atoms with van der Waals surface area (Å²) in [5.41, 5.74) is 1.38. The number of rotatable bonds is 1. The van der Waals surface area contributed by atoms with Crippen molar-refractivity contribution in [3.8, 4) is 0 Å². The van der Waals surface area contributed by atoms with E-state index in [4.69, 9.17) is 0 Å². The maximum Gasteiger partial charge on any atom is -0.00364 e. The van der Waals surface area contributed by atoms with Crippen molar-refractivity contribution >= 4 is 10.8 Å². The minimum atomic E-state index is 1.09. The van der Waals surface area contributed by atoms with Crippen LogP contribution in [0.2, 0.25) is 0 Å². The predicted octanol–water partition coefficient (Wildman–Crippen LogP) is 3.00. The van der Waals surface area contributed by atoms with E-state index in [1.165, 1.54) is 16.3 Å². The third-order valence-corrected chi connectivity index (χ3v) is 2.10. The zero-order chi connectivity index (χ0) is 8.39. The van der Waals surface area contributed by atoms with E-state index < -0.39 is 0 Å². The van der Waals surface area contributed by atoms with Gasteiger partial charge in [-0.1, -0.05) is 37.3 Å². The molecule has 0 amide bonds. The van der Waals surface area contributed by atoms with Crippen LogP contribution in [0, 0.1) is 12.1 Å². The van der Waals surface area contributed by atoms with Crippen molar-refractivity contribution in [3.63, 3.8) is 0 Å². The van der Waals surface area contributed by atoms with Crippen LogP contribution in [0.4, 0.5) is 0 Å². The van der Waals surface area contributed by atoms with Gasteiger partial charge in [0.2, 0.25) is 0 Å². The Morgan fingerprint density at radius 1 is 1.08 bits per heavy atom. The van der Waals surface area contributed by atoms with Gasteiger partial charge in [-0.15, -0.1) is 0 Å². The largest absolute Gasteiger partial charge is 0.0696 e. The number of benzene rings is 1. The molecule has 0 heterocycles. The zero-order valence-electron chi connectivity index (χ0n) is 7.09. The van der Waals surface area contributed by atoms with Crippen LogP contribution in [0.15, 0.2) is 30.3 Å². The molecule has 2 aromatic rings. The zero-order valence-corrected chi connectivity index (χ0v) is 7.09. The Hall–Kier alpha value is -1.48. The minimum absolute atomic E-state index is 1.09. The second-order valence-electron chi connectivity index (χ2n) is 2.89. The van der Waals surface area contributed by atoms with Gasteiger partial charge in [0.1, 0.15) is 0 Å². The van der Waals surface area contributed by atoms with E-state index in [9.17, 15) is 0 Å². The highest BCUT2D eigenvalue weighted by atomic mass is 14.0. The summed E-state index contributed by atoms with van der Waals surface area (Å²) >= 11 is 0. The molecule has 0 saturated carbocycles. The van der Waals surface area contributed by atoms with Crippen molar-refractivity contribution in [2.45, 2.75) is 13.3 Å². The molecular formula is C12H10. The number of hydrogen-bond acceptors (Lipinski definition) is 0. The van der Waals surface area contributed by atoms with E-state index in [2.05, 4.69) is 37.3 Å². The molecule has 0 aliphatic heterocycles. The smallest absolute Gasteiger partial charge is 0.00364 e. The fourth-order valence-corrected chi connectivity index (χ4v) is 1.34. The molecule has 0 radical (unpaired) electrons. The summed E-state index contributed by atoms with van der Waals surface area (Å²) < 4.78 is 0. The summed E-state index contributed by atoms with van der Waals surface area (Å²) in [5.74, 6) is 0. The summed E-state index contributed by atoms with van der Waals surface area (Å²) in [6.07, 6.45) is 1.09. The second-order valence-corrected chi connectivity index (χ2v) is 2.89. The highest BCUT2D eigenvalue weighted by Gasteiger charge is 1.91. The Bertz CT molecular complexity index is 388. The van der Waals surface area contributed by atoms with Crippen molar-refractivity contribution in [2.75, 3.05) is 0 Å². The van der Waals surface area contributed by atoms with Gasteiger partial charge < -0.3 is 0 Å². The molecule has 0 saturated heterocycles. The SMILES string of the molecule is CCc1ccc2cc#ccc2c1. The second kappa shape index (κ2) is 2.87. The van der Waals surface area contributed by atoms with Crippen LogP contribution in [0.5, 0.6) is 0 Å². The summed E-state index contributed by atoms with van der Waals surface area (Å²) in [6, 6.07) is 16.4. The van der Waals surface area contributed by atoms with Crippen LogP contribution >= 0.6 is 0 Å². The summed E-state index contributed by atoms with van der Waals surface area (Å²) in [5, 5.41) is 2.50. The molecule has 2 rings (SSSR count). The molecule has 0 heteroatoms. The Kier molecular flexibility index (Phi) is 1.72. The fraction of sp³-hybridized carbons (Fsp3) is 0.167. The van der Waals surface area contributed by atoms with Gasteiger partial charge >= 0.3 is 0 Å². The number of fused-ring (bicyclic) bond motifs is 1. The van der Waals surface area contributed by atoms with Crippen molar-refractivity contribution in [1.82, 2.24) is 0 Å². The van der Waals surface area contributed by atoms with Gasteiger partial charge in [-0.25, -0.2) is 0 Å². The van der Waals surface area contributed by atoms with Crippen LogP contribution < -0.4 is 0 Å². The quantitative estimate of drug-likeness (QED) is 0.592. The van der Waals surface area contributed by atoms with Gasteiger partial charge in [-0.05, 0) is 34.9 Å². The van der Waals surface area contributed by atoms with Gasteiger partial charge in [-0.2, -0.15) is 0 Å². The third-order valence-electron chi connectivity index (χ3n) is 2.10. The van der Waals surface area contributed by atoms with Gasteiger partial charge in [0, 0.05) is 0 Å². The van der Waals surface area contributed by atoms with Crippen molar-refractivity contribution < 1.29 is 0 Å². The predicted molar refractivity (Wildman–Crippen MR) is 51.0 cm³/mol. The lowest BCUT2D eigenvalue weighted by Gasteiger charge is -1.97. The topological polar surface area (TPSA) is 0 Å². The lowest BCUT2D eigenvalue weighted by Crippen LogP contribution is -1.78. The van der Waals surface area contributed by atoms with Crippen LogP contribution in [-0.4, -0.2) is 0 Å². The van der Waals surface area contributed by atoms with E-state index in [0.717, 1.165) is 6.42 Å². The van der Waals surface area contributed by atoms with Crippen LogP contribution in [0.25, 0.3) is 10.8 Å². The highest BCUT2D eigenvalue weighted by molar-refractivity contribution is 5.82. The maximum atomic E-state index is 2.96. The molecule has 2 aromatic carbocycles. The first kappa shape index (κ1) is 7.18. The summed E-state index contributed by atoms with van der Waals surface area (Å²) in [7, 11) is 0. The Balaban J connectivity index is 2.67. The molecule has 0 aliphatic rings. The molecule has 0 atom stereocenters. The van der Waals surface area contributed by atoms with Crippen molar-refractivity contribution in [1.29, 1.82) is 0 Å². The normalized spacial score (nSPS) is 9.75. The third kappa shape index (κ3) is 1.14. The van der Waals surface area contributed by atoms with E-state index in [1.54, 1.807) is 0 Å². The maximum absolute atomic E-state index is 2.96. The molecule has 58 valence electrons. The molecule has 0 unspecified atom stereocenters. The number of aryl methyl sites for hydroxylation is 1. The van der Waals surface area contributed by atoms with E-state index in [-0.39, 0.29) is 0 Å². The molecule has 0 N–H and O–H groups in total. The van der Waals surface area contributed by atoms with Crippen LogP contribution in [0.3, 0.4) is 0 Å². The fourth-order valence-electron chi connectivity index (χ4n) is 1.34. The standard InChI is InChI=1S/C12H10/c1-2-10-7-8-11-5-3-4-6-12(11)9-10/h5-9H,2H2,1H3. The molecule has 0 nitrogen and oxygen atoms in total. The Morgan fingerprint density at radius 2 is 1.83 bits per heavy atom. The molecule has 0 fully saturated rings. The van der Waals surface area contributed by atoms with E-state index in [1.807, 2.05) is 12.1 Å². The first-order valence-corrected chi connectivity index (χ1v) is 4.20. The highest BCUT2D eigenvalue weighted by Crippen LogP contribution is 2.13. The Labute approximate surface area is 72.8 Å². The van der Waals surface area contributed by atoms with E-state index in [0.29, 0.717) is 0 Å². The lowest BCUT2D eigenvalue weighted by atomic mass is 10.1.